The second-order valence-corrected chi connectivity index (χ2v) is 6.47. The summed E-state index contributed by atoms with van der Waals surface area (Å²) >= 11 is 0. The van der Waals surface area contributed by atoms with Crippen molar-refractivity contribution in [2.45, 2.75) is 13.5 Å². The Hall–Kier alpha value is -3.46. The molecule has 2 aromatic heterocycles. The van der Waals surface area contributed by atoms with Gasteiger partial charge in [-0.3, -0.25) is 4.79 Å². The van der Waals surface area contributed by atoms with Gasteiger partial charge in [0.25, 0.3) is 5.91 Å². The fourth-order valence-corrected chi connectivity index (χ4v) is 2.96. The van der Waals surface area contributed by atoms with Gasteiger partial charge in [-0.15, -0.1) is 0 Å². The van der Waals surface area contributed by atoms with Crippen LogP contribution in [0.2, 0.25) is 0 Å². The second kappa shape index (κ2) is 8.70. The number of hydrogen-bond acceptors (Lipinski definition) is 8. The number of hydrogen-bond donors (Lipinski definition) is 1. The Balaban J connectivity index is 1.41. The molecular weight excluding hydrogens is 374 g/mol. The highest BCUT2D eigenvalue weighted by atomic mass is 16.5. The third-order valence-electron chi connectivity index (χ3n) is 4.40. The maximum atomic E-state index is 12.7. The molecule has 1 saturated heterocycles. The number of nitrogens with one attached hydrogen (secondary N) is 1. The number of anilines is 2. The Morgan fingerprint density at radius 3 is 2.76 bits per heavy atom. The number of carbonyl (C=O) groups is 1. The maximum Gasteiger partial charge on any atom is 0.259 e. The van der Waals surface area contributed by atoms with Crippen LogP contribution in [0.1, 0.15) is 22.1 Å². The quantitative estimate of drug-likeness (QED) is 0.679. The number of para-hydroxylation sites is 1. The average molecular weight is 395 g/mol. The summed E-state index contributed by atoms with van der Waals surface area (Å²) in [6.07, 6.45) is 1.65. The summed E-state index contributed by atoms with van der Waals surface area (Å²) in [5.41, 5.74) is 1.01. The van der Waals surface area contributed by atoms with Crippen LogP contribution in [-0.2, 0) is 11.3 Å². The lowest BCUT2D eigenvalue weighted by Gasteiger charge is -2.27. The molecule has 0 radical (unpaired) electrons. The Morgan fingerprint density at radius 2 is 2.03 bits per heavy atom. The van der Waals surface area contributed by atoms with Crippen molar-refractivity contribution in [3.8, 4) is 5.75 Å². The SMILES string of the molecule is Cc1nc(COc2ccccc2C(=O)Nc2ccc(N3CCOCC3)nc2)no1. The van der Waals surface area contributed by atoms with E-state index in [9.17, 15) is 4.79 Å². The van der Waals surface area contributed by atoms with Gasteiger partial charge in [0.05, 0.1) is 30.7 Å². The molecular formula is C20H21N5O4. The third kappa shape index (κ3) is 4.69. The minimum atomic E-state index is -0.286. The van der Waals surface area contributed by atoms with Gasteiger partial charge in [-0.1, -0.05) is 17.3 Å². The first-order chi connectivity index (χ1) is 14.2. The zero-order chi connectivity index (χ0) is 20.1. The van der Waals surface area contributed by atoms with Gasteiger partial charge in [-0.05, 0) is 24.3 Å². The number of carbonyl (C=O) groups excluding carboxylic acids is 1. The van der Waals surface area contributed by atoms with E-state index >= 15 is 0 Å². The van der Waals surface area contributed by atoms with Gasteiger partial charge < -0.3 is 24.2 Å². The van der Waals surface area contributed by atoms with E-state index in [4.69, 9.17) is 14.0 Å². The van der Waals surface area contributed by atoms with E-state index in [-0.39, 0.29) is 12.5 Å². The molecule has 9 nitrogen and oxygen atoms in total. The number of aromatic nitrogens is 3. The van der Waals surface area contributed by atoms with E-state index in [1.54, 1.807) is 37.4 Å². The van der Waals surface area contributed by atoms with E-state index in [1.165, 1.54) is 0 Å². The van der Waals surface area contributed by atoms with Gasteiger partial charge in [0.2, 0.25) is 11.7 Å². The molecule has 0 spiro atoms. The van der Waals surface area contributed by atoms with Crippen LogP contribution in [0.4, 0.5) is 11.5 Å². The molecule has 1 fully saturated rings. The lowest BCUT2D eigenvalue weighted by atomic mass is 10.2. The first kappa shape index (κ1) is 18.9. The van der Waals surface area contributed by atoms with E-state index in [0.717, 1.165) is 18.9 Å². The summed E-state index contributed by atoms with van der Waals surface area (Å²) in [5, 5.41) is 6.64. The van der Waals surface area contributed by atoms with Crippen molar-refractivity contribution in [1.29, 1.82) is 0 Å². The van der Waals surface area contributed by atoms with Gasteiger partial charge >= 0.3 is 0 Å². The summed E-state index contributed by atoms with van der Waals surface area (Å²) in [6, 6.07) is 10.7. The molecule has 0 atom stereocenters. The molecule has 1 N–H and O–H groups in total. The lowest BCUT2D eigenvalue weighted by molar-refractivity contribution is 0.102. The van der Waals surface area contributed by atoms with Crippen molar-refractivity contribution < 1.29 is 18.8 Å². The summed E-state index contributed by atoms with van der Waals surface area (Å²) in [6.45, 7) is 4.82. The van der Waals surface area contributed by atoms with E-state index in [1.807, 2.05) is 12.1 Å². The van der Waals surface area contributed by atoms with Crippen LogP contribution in [0.15, 0.2) is 47.1 Å². The molecule has 1 aliphatic heterocycles. The van der Waals surface area contributed by atoms with Gasteiger partial charge in [0.15, 0.2) is 6.61 Å². The smallest absolute Gasteiger partial charge is 0.259 e. The largest absolute Gasteiger partial charge is 0.485 e. The summed E-state index contributed by atoms with van der Waals surface area (Å²) in [4.78, 5) is 23.4. The average Bonchev–Trinajstić information content (AvgIpc) is 3.19. The van der Waals surface area contributed by atoms with E-state index in [0.29, 0.717) is 41.9 Å². The molecule has 1 aliphatic rings. The lowest BCUT2D eigenvalue weighted by Crippen LogP contribution is -2.36. The Bertz CT molecular complexity index is 967. The summed E-state index contributed by atoms with van der Waals surface area (Å²) < 4.78 is 16.0. The van der Waals surface area contributed by atoms with Crippen molar-refractivity contribution in [2.75, 3.05) is 36.5 Å². The number of benzene rings is 1. The van der Waals surface area contributed by atoms with Crippen LogP contribution in [0.3, 0.4) is 0 Å². The van der Waals surface area contributed by atoms with Crippen LogP contribution in [-0.4, -0.2) is 47.3 Å². The van der Waals surface area contributed by atoms with E-state index in [2.05, 4.69) is 25.3 Å². The fraction of sp³-hybridized carbons (Fsp3) is 0.300. The predicted molar refractivity (Wildman–Crippen MR) is 105 cm³/mol. The minimum absolute atomic E-state index is 0.109. The number of morpholine rings is 1. The standard InChI is InChI=1S/C20H21N5O4/c1-14-22-18(24-29-14)13-28-17-5-3-2-4-16(17)20(26)23-15-6-7-19(21-12-15)25-8-10-27-11-9-25/h2-7,12H,8-11,13H2,1H3,(H,23,26). The molecule has 0 saturated carbocycles. The highest BCUT2D eigenvalue weighted by molar-refractivity contribution is 6.06. The number of aryl methyl sites for hydroxylation is 1. The molecule has 0 unspecified atom stereocenters. The van der Waals surface area contributed by atoms with Gasteiger partial charge in [-0.25, -0.2) is 4.98 Å². The van der Waals surface area contributed by atoms with Crippen molar-refractivity contribution in [2.24, 2.45) is 0 Å². The summed E-state index contributed by atoms with van der Waals surface area (Å²) in [5.74, 6) is 1.89. The predicted octanol–water partition coefficient (Wildman–Crippen LogP) is 2.44. The molecule has 3 heterocycles. The highest BCUT2D eigenvalue weighted by Gasteiger charge is 2.15. The van der Waals surface area contributed by atoms with Gasteiger partial charge in [0, 0.05) is 20.0 Å². The molecule has 1 amide bonds. The van der Waals surface area contributed by atoms with Crippen LogP contribution < -0.4 is 15.0 Å². The van der Waals surface area contributed by atoms with Crippen molar-refractivity contribution >= 4 is 17.4 Å². The zero-order valence-electron chi connectivity index (χ0n) is 16.0. The third-order valence-corrected chi connectivity index (χ3v) is 4.40. The first-order valence-electron chi connectivity index (χ1n) is 9.30. The van der Waals surface area contributed by atoms with Crippen LogP contribution in [0, 0.1) is 6.92 Å². The van der Waals surface area contributed by atoms with Gasteiger partial charge in [0.1, 0.15) is 11.6 Å². The highest BCUT2D eigenvalue weighted by Crippen LogP contribution is 2.21. The topological polar surface area (TPSA) is 103 Å². The molecule has 150 valence electrons. The Morgan fingerprint density at radius 1 is 1.21 bits per heavy atom. The van der Waals surface area contributed by atoms with Crippen LogP contribution in [0.25, 0.3) is 0 Å². The molecule has 0 aliphatic carbocycles. The molecule has 0 bridgehead atoms. The van der Waals surface area contributed by atoms with Crippen molar-refractivity contribution in [3.63, 3.8) is 0 Å². The molecule has 9 heteroatoms. The second-order valence-electron chi connectivity index (χ2n) is 6.47. The van der Waals surface area contributed by atoms with E-state index < -0.39 is 0 Å². The first-order valence-corrected chi connectivity index (χ1v) is 9.30. The molecule has 3 aromatic rings. The van der Waals surface area contributed by atoms with Gasteiger partial charge in [-0.2, -0.15) is 4.98 Å². The van der Waals surface area contributed by atoms with Crippen LogP contribution in [0.5, 0.6) is 5.75 Å². The number of amides is 1. The summed E-state index contributed by atoms with van der Waals surface area (Å²) in [7, 11) is 0. The monoisotopic (exact) mass is 395 g/mol. The number of pyridine rings is 1. The zero-order valence-corrected chi connectivity index (χ0v) is 16.0. The number of rotatable bonds is 6. The Kier molecular flexibility index (Phi) is 5.66. The normalized spacial score (nSPS) is 13.9. The van der Waals surface area contributed by atoms with Crippen molar-refractivity contribution in [3.05, 3.63) is 59.9 Å². The maximum absolute atomic E-state index is 12.7. The van der Waals surface area contributed by atoms with Crippen LogP contribution >= 0.6 is 0 Å². The fourth-order valence-electron chi connectivity index (χ4n) is 2.96. The molecule has 29 heavy (non-hydrogen) atoms. The number of ether oxygens (including phenoxy) is 2. The minimum Gasteiger partial charge on any atom is -0.485 e. The molecule has 1 aromatic carbocycles. The number of nitrogens with zero attached hydrogens (tertiary/aromatic N) is 4. The Labute approximate surface area is 167 Å². The van der Waals surface area contributed by atoms with Crippen molar-refractivity contribution in [1.82, 2.24) is 15.1 Å². The molecule has 4 rings (SSSR count).